The van der Waals surface area contributed by atoms with Crippen LogP contribution in [-0.2, 0) is 14.3 Å². The van der Waals surface area contributed by atoms with E-state index < -0.39 is 36.0 Å². The van der Waals surface area contributed by atoms with Gasteiger partial charge in [-0.05, 0) is 0 Å². The van der Waals surface area contributed by atoms with Gasteiger partial charge in [0.15, 0.2) is 11.6 Å². The number of amides is 3. The second-order valence-electron chi connectivity index (χ2n) is 6.91. The lowest BCUT2D eigenvalue weighted by atomic mass is 10.2. The molecule has 3 amide bonds. The number of benzene rings is 1. The van der Waals surface area contributed by atoms with Crippen molar-refractivity contribution < 1.29 is 32.6 Å². The van der Waals surface area contributed by atoms with Crippen LogP contribution in [-0.4, -0.2) is 62.5 Å². The Kier molecular flexibility index (Phi) is 4.44. The number of nitrogens with zero attached hydrogens (tertiary/aromatic N) is 2. The molecule has 3 saturated heterocycles. The molecule has 1 aromatic rings. The minimum atomic E-state index is -0.834. The van der Waals surface area contributed by atoms with E-state index in [4.69, 9.17) is 9.47 Å². The lowest BCUT2D eigenvalue weighted by molar-refractivity contribution is -0.119. The van der Waals surface area contributed by atoms with Crippen molar-refractivity contribution >= 4 is 29.5 Å². The Morgan fingerprint density at radius 1 is 1.21 bits per heavy atom. The van der Waals surface area contributed by atoms with Crippen molar-refractivity contribution in [3.63, 3.8) is 0 Å². The number of nitrogens with one attached hydrogen (secondary N) is 2. The van der Waals surface area contributed by atoms with Crippen LogP contribution in [0.25, 0.3) is 0 Å². The van der Waals surface area contributed by atoms with Crippen molar-refractivity contribution in [1.29, 1.82) is 0 Å². The summed E-state index contributed by atoms with van der Waals surface area (Å²) in [6.07, 6.45) is -2.35. The zero-order valence-electron chi connectivity index (χ0n) is 14.9. The number of carbonyl (C=O) groups is 3. The molecule has 11 heteroatoms. The highest BCUT2D eigenvalue weighted by molar-refractivity contribution is 5.90. The van der Waals surface area contributed by atoms with E-state index in [2.05, 4.69) is 10.6 Å². The first-order valence-electron chi connectivity index (χ1n) is 8.75. The number of cyclic esters (lactones) is 1. The number of ether oxygens (including phenoxy) is 2. The van der Waals surface area contributed by atoms with Crippen molar-refractivity contribution in [2.24, 2.45) is 0 Å². The quantitative estimate of drug-likeness (QED) is 0.778. The predicted octanol–water partition coefficient (Wildman–Crippen LogP) is 0.723. The third-order valence-corrected chi connectivity index (χ3v) is 4.91. The molecule has 3 atom stereocenters. The van der Waals surface area contributed by atoms with Crippen LogP contribution in [0.5, 0.6) is 0 Å². The summed E-state index contributed by atoms with van der Waals surface area (Å²) in [5.41, 5.74) is -0.212. The van der Waals surface area contributed by atoms with Gasteiger partial charge in [-0.3, -0.25) is 9.69 Å². The number of rotatable bonds is 4. The summed E-state index contributed by atoms with van der Waals surface area (Å²) in [7, 11) is 0. The van der Waals surface area contributed by atoms with Gasteiger partial charge < -0.3 is 25.0 Å². The molecule has 3 heterocycles. The average molecular weight is 396 g/mol. The lowest BCUT2D eigenvalue weighted by Gasteiger charge is -2.22. The monoisotopic (exact) mass is 396 g/mol. The molecule has 150 valence electrons. The minimum Gasteiger partial charge on any atom is -0.442 e. The third kappa shape index (κ3) is 3.27. The Morgan fingerprint density at radius 3 is 2.57 bits per heavy atom. The molecule has 0 spiro atoms. The smallest absolute Gasteiger partial charge is 0.414 e. The maximum Gasteiger partial charge on any atom is 0.414 e. The average Bonchev–Trinajstić information content (AvgIpc) is 3.25. The van der Waals surface area contributed by atoms with Gasteiger partial charge in [-0.1, -0.05) is 0 Å². The highest BCUT2D eigenvalue weighted by atomic mass is 19.1. The fourth-order valence-corrected chi connectivity index (χ4v) is 3.64. The van der Waals surface area contributed by atoms with Gasteiger partial charge in [0.1, 0.15) is 17.9 Å². The number of halogens is 2. The van der Waals surface area contributed by atoms with Crippen LogP contribution in [0.2, 0.25) is 0 Å². The van der Waals surface area contributed by atoms with Gasteiger partial charge in [0.2, 0.25) is 5.91 Å². The summed E-state index contributed by atoms with van der Waals surface area (Å²) in [5, 5.41) is 5.13. The van der Waals surface area contributed by atoms with E-state index in [1.54, 1.807) is 0 Å². The molecule has 2 N–H and O–H groups in total. The van der Waals surface area contributed by atoms with E-state index in [1.165, 1.54) is 11.8 Å². The topological polar surface area (TPSA) is 100 Å². The molecule has 0 radical (unpaired) electrons. The molecular weight excluding hydrogens is 378 g/mol. The summed E-state index contributed by atoms with van der Waals surface area (Å²) in [6.45, 7) is 1.89. The van der Waals surface area contributed by atoms with Crippen LogP contribution in [0.3, 0.4) is 0 Å². The zero-order chi connectivity index (χ0) is 20.0. The molecule has 3 aliphatic heterocycles. The first kappa shape index (κ1) is 18.3. The molecule has 0 aliphatic carbocycles. The molecule has 0 saturated carbocycles. The van der Waals surface area contributed by atoms with E-state index in [0.29, 0.717) is 0 Å². The highest BCUT2D eigenvalue weighted by Gasteiger charge is 2.43. The van der Waals surface area contributed by atoms with Crippen molar-refractivity contribution in [3.05, 3.63) is 23.8 Å². The summed E-state index contributed by atoms with van der Waals surface area (Å²) < 4.78 is 39.6. The molecule has 3 aliphatic rings. The van der Waals surface area contributed by atoms with E-state index in [1.807, 2.05) is 0 Å². The lowest BCUT2D eigenvalue weighted by Crippen LogP contribution is -2.33. The zero-order valence-corrected chi connectivity index (χ0v) is 14.9. The molecular formula is C17H18F2N4O5. The maximum absolute atomic E-state index is 14.7. The Morgan fingerprint density at radius 2 is 1.93 bits per heavy atom. The SMILES string of the molecule is CC(=O)NC[C@H]1CN(c2cc(F)c(N3CC4NC(=O)OC4C3)c(F)c2)C(=O)O1. The fraction of sp³-hybridized carbons (Fsp3) is 0.471. The van der Waals surface area contributed by atoms with Gasteiger partial charge in [-0.2, -0.15) is 0 Å². The molecule has 4 rings (SSSR count). The molecule has 9 nitrogen and oxygen atoms in total. The second-order valence-corrected chi connectivity index (χ2v) is 6.91. The third-order valence-electron chi connectivity index (χ3n) is 4.91. The summed E-state index contributed by atoms with van der Waals surface area (Å²) in [4.78, 5) is 36.8. The van der Waals surface area contributed by atoms with Crippen LogP contribution in [0.15, 0.2) is 12.1 Å². The van der Waals surface area contributed by atoms with E-state index in [0.717, 1.165) is 17.0 Å². The van der Waals surface area contributed by atoms with Crippen LogP contribution >= 0.6 is 0 Å². The predicted molar refractivity (Wildman–Crippen MR) is 92.1 cm³/mol. The first-order valence-corrected chi connectivity index (χ1v) is 8.75. The molecule has 2 unspecified atom stereocenters. The number of hydrogen-bond donors (Lipinski definition) is 2. The number of anilines is 2. The molecule has 1 aromatic carbocycles. The van der Waals surface area contributed by atoms with Crippen molar-refractivity contribution in [2.75, 3.05) is 36.0 Å². The molecule has 28 heavy (non-hydrogen) atoms. The fourth-order valence-electron chi connectivity index (χ4n) is 3.64. The Balaban J connectivity index is 1.50. The van der Waals surface area contributed by atoms with Gasteiger partial charge in [0, 0.05) is 25.6 Å². The normalized spacial score (nSPS) is 26.0. The maximum atomic E-state index is 14.7. The Labute approximate surface area is 158 Å². The summed E-state index contributed by atoms with van der Waals surface area (Å²) in [5.74, 6) is -1.94. The van der Waals surface area contributed by atoms with E-state index in [-0.39, 0.29) is 49.5 Å². The number of alkyl carbamates (subject to hydrolysis) is 1. The van der Waals surface area contributed by atoms with E-state index in [9.17, 15) is 23.2 Å². The van der Waals surface area contributed by atoms with Crippen molar-refractivity contribution in [3.8, 4) is 0 Å². The van der Waals surface area contributed by atoms with Crippen LogP contribution in [0, 0.1) is 11.6 Å². The summed E-state index contributed by atoms with van der Waals surface area (Å²) >= 11 is 0. The Hall–Kier alpha value is -3.11. The minimum absolute atomic E-state index is 0.0259. The van der Waals surface area contributed by atoms with Crippen LogP contribution in [0.1, 0.15) is 6.92 Å². The van der Waals surface area contributed by atoms with Crippen LogP contribution in [0.4, 0.5) is 29.7 Å². The summed E-state index contributed by atoms with van der Waals surface area (Å²) in [6, 6.07) is 1.80. The largest absolute Gasteiger partial charge is 0.442 e. The highest BCUT2D eigenvalue weighted by Crippen LogP contribution is 2.34. The standard InChI is InChI=1S/C17H18F2N4O5/c1-8(24)20-4-10-5-23(17(26)27-10)9-2-11(18)15(12(19)3-9)22-6-13-14(7-22)28-16(25)21-13/h2-3,10,13-14H,4-7H2,1H3,(H,20,24)(H,21,25)/t10-,13?,14?/m0/s1. The second kappa shape index (κ2) is 6.80. The van der Waals surface area contributed by atoms with E-state index >= 15 is 0 Å². The van der Waals surface area contributed by atoms with Crippen molar-refractivity contribution in [1.82, 2.24) is 10.6 Å². The molecule has 0 aromatic heterocycles. The van der Waals surface area contributed by atoms with Gasteiger partial charge >= 0.3 is 12.2 Å². The number of fused-ring (bicyclic) bond motifs is 1. The van der Waals surface area contributed by atoms with Crippen molar-refractivity contribution in [2.45, 2.75) is 25.2 Å². The van der Waals surface area contributed by atoms with Gasteiger partial charge in [0.25, 0.3) is 0 Å². The van der Waals surface area contributed by atoms with Gasteiger partial charge in [-0.25, -0.2) is 18.4 Å². The Bertz CT molecular complexity index is 812. The van der Waals surface area contributed by atoms with Gasteiger partial charge in [-0.15, -0.1) is 0 Å². The van der Waals surface area contributed by atoms with Crippen LogP contribution < -0.4 is 20.4 Å². The number of carbonyl (C=O) groups excluding carboxylic acids is 3. The molecule has 0 bridgehead atoms. The van der Waals surface area contributed by atoms with Gasteiger partial charge in [0.05, 0.1) is 31.4 Å². The molecule has 3 fully saturated rings. The number of hydrogen-bond acceptors (Lipinski definition) is 6. The first-order chi connectivity index (χ1) is 13.3.